The Hall–Kier alpha value is -1.36. The zero-order valence-electron chi connectivity index (χ0n) is 10.2. The van der Waals surface area contributed by atoms with Crippen LogP contribution >= 0.6 is 11.6 Å². The van der Waals surface area contributed by atoms with Crippen LogP contribution in [0.4, 0.5) is 0 Å². The number of rotatable bonds is 8. The van der Waals surface area contributed by atoms with Gasteiger partial charge in [0.2, 0.25) is 10.0 Å². The Morgan fingerprint density at radius 3 is 2.95 bits per heavy atom. The largest absolute Gasteiger partial charge is 0.491 e. The fourth-order valence-electron chi connectivity index (χ4n) is 1.25. The van der Waals surface area contributed by atoms with Gasteiger partial charge in [0.1, 0.15) is 12.4 Å². The number of sulfonamides is 1. The van der Waals surface area contributed by atoms with Gasteiger partial charge in [-0.05, 0) is 6.42 Å². The zero-order valence-corrected chi connectivity index (χ0v) is 11.7. The average Bonchev–Trinajstić information content (AvgIpc) is 2.35. The van der Waals surface area contributed by atoms with Crippen molar-refractivity contribution in [1.82, 2.24) is 9.71 Å². The van der Waals surface area contributed by atoms with Crippen LogP contribution in [0.2, 0.25) is 5.02 Å². The Kier molecular flexibility index (Phi) is 6.56. The molecule has 0 spiro atoms. The Morgan fingerprint density at radius 1 is 1.47 bits per heavy atom. The van der Waals surface area contributed by atoms with E-state index in [2.05, 4.69) is 9.71 Å². The van der Waals surface area contributed by atoms with E-state index in [1.165, 1.54) is 12.4 Å². The zero-order chi connectivity index (χ0) is 14.1. The monoisotopic (exact) mass is 303 g/mol. The molecule has 1 aromatic heterocycles. The summed E-state index contributed by atoms with van der Waals surface area (Å²) in [7, 11) is -3.34. The summed E-state index contributed by atoms with van der Waals surface area (Å²) < 4.78 is 30.6. The van der Waals surface area contributed by atoms with Crippen molar-refractivity contribution in [2.24, 2.45) is 0 Å². The first-order valence-corrected chi connectivity index (χ1v) is 7.64. The highest BCUT2D eigenvalue weighted by molar-refractivity contribution is 7.89. The summed E-state index contributed by atoms with van der Waals surface area (Å²) in [6.45, 7) is 0.334. The van der Waals surface area contributed by atoms with Crippen molar-refractivity contribution in [3.63, 3.8) is 0 Å². The number of ether oxygens (including phenoxy) is 1. The number of pyridine rings is 1. The van der Waals surface area contributed by atoms with Crippen molar-refractivity contribution in [3.05, 3.63) is 23.5 Å². The van der Waals surface area contributed by atoms with E-state index < -0.39 is 10.0 Å². The third kappa shape index (κ3) is 6.96. The number of halogens is 1. The van der Waals surface area contributed by atoms with Gasteiger partial charge in [-0.1, -0.05) is 11.6 Å². The summed E-state index contributed by atoms with van der Waals surface area (Å²) >= 11 is 5.72. The summed E-state index contributed by atoms with van der Waals surface area (Å²) in [5.74, 6) is 0.426. The Bertz CT molecular complexity index is 542. The highest BCUT2D eigenvalue weighted by Crippen LogP contribution is 2.14. The topological polar surface area (TPSA) is 92.1 Å². The van der Waals surface area contributed by atoms with Gasteiger partial charge < -0.3 is 4.74 Å². The van der Waals surface area contributed by atoms with Crippen LogP contribution in [-0.2, 0) is 10.0 Å². The number of nitrogens with zero attached hydrogens (tertiary/aromatic N) is 2. The quantitative estimate of drug-likeness (QED) is 0.732. The van der Waals surface area contributed by atoms with Crippen molar-refractivity contribution in [1.29, 1.82) is 5.26 Å². The van der Waals surface area contributed by atoms with E-state index in [1.807, 2.05) is 6.07 Å². The molecule has 0 aliphatic rings. The van der Waals surface area contributed by atoms with Crippen molar-refractivity contribution < 1.29 is 13.2 Å². The van der Waals surface area contributed by atoms with Crippen molar-refractivity contribution >= 4 is 21.6 Å². The molecule has 1 N–H and O–H groups in total. The molecule has 0 amide bonds. The van der Waals surface area contributed by atoms with E-state index in [1.54, 1.807) is 6.07 Å². The lowest BCUT2D eigenvalue weighted by Crippen LogP contribution is -2.30. The van der Waals surface area contributed by atoms with Crippen LogP contribution in [0.25, 0.3) is 0 Å². The maximum Gasteiger partial charge on any atom is 0.211 e. The van der Waals surface area contributed by atoms with E-state index in [9.17, 15) is 8.42 Å². The Balaban J connectivity index is 2.25. The average molecular weight is 304 g/mol. The lowest BCUT2D eigenvalue weighted by atomic mass is 10.4. The normalized spacial score (nSPS) is 10.9. The second-order valence-corrected chi connectivity index (χ2v) is 6.03. The SMILES string of the molecule is N#CCCCS(=O)(=O)NCCOc1cncc(Cl)c1. The first-order valence-electron chi connectivity index (χ1n) is 5.61. The van der Waals surface area contributed by atoms with E-state index in [-0.39, 0.29) is 25.3 Å². The molecule has 1 heterocycles. The fraction of sp³-hybridized carbons (Fsp3) is 0.455. The number of aromatic nitrogens is 1. The van der Waals surface area contributed by atoms with Crippen LogP contribution < -0.4 is 9.46 Å². The molecule has 0 atom stereocenters. The summed E-state index contributed by atoms with van der Waals surface area (Å²) in [5, 5.41) is 8.78. The van der Waals surface area contributed by atoms with Gasteiger partial charge >= 0.3 is 0 Å². The highest BCUT2D eigenvalue weighted by Gasteiger charge is 2.08. The lowest BCUT2D eigenvalue weighted by Gasteiger charge is -2.07. The number of hydrogen-bond acceptors (Lipinski definition) is 5. The number of nitrogens with one attached hydrogen (secondary N) is 1. The number of nitriles is 1. The number of hydrogen-bond donors (Lipinski definition) is 1. The van der Waals surface area contributed by atoms with Crippen molar-refractivity contribution in [2.45, 2.75) is 12.8 Å². The van der Waals surface area contributed by atoms with Gasteiger partial charge in [0, 0.05) is 25.2 Å². The molecule has 0 aromatic carbocycles. The van der Waals surface area contributed by atoms with Gasteiger partial charge in [-0.25, -0.2) is 13.1 Å². The maximum atomic E-state index is 11.5. The molecule has 1 rings (SSSR count). The van der Waals surface area contributed by atoms with Gasteiger partial charge in [-0.2, -0.15) is 5.26 Å². The Labute approximate surface area is 117 Å². The van der Waals surface area contributed by atoms with Crippen LogP contribution in [0.1, 0.15) is 12.8 Å². The van der Waals surface area contributed by atoms with Crippen LogP contribution in [0, 0.1) is 11.3 Å². The highest BCUT2D eigenvalue weighted by atomic mass is 35.5. The Morgan fingerprint density at radius 2 is 2.26 bits per heavy atom. The summed E-state index contributed by atoms with van der Waals surface area (Å²) in [4.78, 5) is 3.84. The summed E-state index contributed by atoms with van der Waals surface area (Å²) in [6.07, 6.45) is 3.52. The molecule has 19 heavy (non-hydrogen) atoms. The molecule has 8 heteroatoms. The smallest absolute Gasteiger partial charge is 0.211 e. The molecule has 0 aliphatic heterocycles. The van der Waals surface area contributed by atoms with Crippen molar-refractivity contribution in [3.8, 4) is 11.8 Å². The lowest BCUT2D eigenvalue weighted by molar-refractivity contribution is 0.321. The van der Waals surface area contributed by atoms with E-state index >= 15 is 0 Å². The minimum atomic E-state index is -3.34. The molecule has 0 saturated carbocycles. The van der Waals surface area contributed by atoms with Crippen LogP contribution in [-0.4, -0.2) is 32.3 Å². The van der Waals surface area contributed by atoms with Crippen LogP contribution in [0.5, 0.6) is 5.75 Å². The molecule has 0 saturated heterocycles. The van der Waals surface area contributed by atoms with E-state index in [0.29, 0.717) is 17.2 Å². The van der Waals surface area contributed by atoms with E-state index in [0.717, 1.165) is 0 Å². The molecule has 1 aromatic rings. The van der Waals surface area contributed by atoms with Gasteiger partial charge in [0.15, 0.2) is 0 Å². The second-order valence-electron chi connectivity index (χ2n) is 3.66. The molecule has 6 nitrogen and oxygen atoms in total. The maximum absolute atomic E-state index is 11.5. The molecular weight excluding hydrogens is 290 g/mol. The van der Waals surface area contributed by atoms with Gasteiger partial charge in [0.05, 0.1) is 23.0 Å². The molecule has 104 valence electrons. The molecule has 0 aliphatic carbocycles. The fourth-order valence-corrected chi connectivity index (χ4v) is 2.48. The van der Waals surface area contributed by atoms with Gasteiger partial charge in [-0.15, -0.1) is 0 Å². The minimum Gasteiger partial charge on any atom is -0.491 e. The van der Waals surface area contributed by atoms with E-state index in [4.69, 9.17) is 21.6 Å². The molecule has 0 radical (unpaired) electrons. The first-order chi connectivity index (χ1) is 9.03. The standard InChI is InChI=1S/C11H14ClN3O3S/c12-10-7-11(9-14-8-10)18-5-4-15-19(16,17)6-2-1-3-13/h7-9,15H,1-2,4-6H2. The first kappa shape index (κ1) is 15.7. The van der Waals surface area contributed by atoms with Crippen LogP contribution in [0.15, 0.2) is 18.5 Å². The predicted molar refractivity (Wildman–Crippen MR) is 71.4 cm³/mol. The summed E-state index contributed by atoms with van der Waals surface area (Å²) in [6, 6.07) is 3.49. The second kappa shape index (κ2) is 7.94. The molecule has 0 bridgehead atoms. The van der Waals surface area contributed by atoms with Crippen LogP contribution in [0.3, 0.4) is 0 Å². The summed E-state index contributed by atoms with van der Waals surface area (Å²) in [5.41, 5.74) is 0. The minimum absolute atomic E-state index is 0.0563. The molecule has 0 unspecified atom stereocenters. The molecule has 0 fully saturated rings. The third-order valence-corrected chi connectivity index (χ3v) is 3.75. The van der Waals surface area contributed by atoms with Gasteiger partial charge in [0.25, 0.3) is 0 Å². The van der Waals surface area contributed by atoms with Crippen molar-refractivity contribution in [2.75, 3.05) is 18.9 Å². The molecular formula is C11H14ClN3O3S. The third-order valence-electron chi connectivity index (χ3n) is 2.07. The van der Waals surface area contributed by atoms with Gasteiger partial charge in [-0.3, -0.25) is 4.98 Å². The predicted octanol–water partition coefficient (Wildman–Crippen LogP) is 1.34. The number of unbranched alkanes of at least 4 members (excludes halogenated alkanes) is 1.